The third-order valence-corrected chi connectivity index (χ3v) is 2.80. The Balaban J connectivity index is 2.19. The van der Waals surface area contributed by atoms with Gasteiger partial charge in [0.25, 0.3) is 0 Å². The zero-order valence-corrected chi connectivity index (χ0v) is 8.51. The van der Waals surface area contributed by atoms with Crippen LogP contribution in [-0.2, 0) is 6.54 Å². The van der Waals surface area contributed by atoms with E-state index in [9.17, 15) is 0 Å². The Kier molecular flexibility index (Phi) is 2.14. The molecule has 0 amide bonds. The molecule has 0 radical (unpaired) electrons. The highest BCUT2D eigenvalue weighted by Crippen LogP contribution is 2.13. The number of hydrogen-bond acceptors (Lipinski definition) is 3. The predicted molar refractivity (Wildman–Crippen MR) is 52.9 cm³/mol. The molecule has 13 heavy (non-hydrogen) atoms. The predicted octanol–water partition coefficient (Wildman–Crippen LogP) is 2.00. The molecule has 0 aliphatic heterocycles. The van der Waals surface area contributed by atoms with E-state index < -0.39 is 0 Å². The fraction of sp³-hybridized carbons (Fsp3) is 0.333. The molecule has 0 saturated carbocycles. The van der Waals surface area contributed by atoms with Gasteiger partial charge in [-0.2, -0.15) is 5.10 Å². The summed E-state index contributed by atoms with van der Waals surface area (Å²) in [6.45, 7) is 4.91. The van der Waals surface area contributed by atoms with Gasteiger partial charge in [-0.3, -0.25) is 4.68 Å². The summed E-state index contributed by atoms with van der Waals surface area (Å²) in [6, 6.07) is 2.01. The summed E-state index contributed by atoms with van der Waals surface area (Å²) in [5.74, 6) is 0. The highest BCUT2D eigenvalue weighted by molar-refractivity contribution is 7.11. The van der Waals surface area contributed by atoms with Gasteiger partial charge in [-0.05, 0) is 19.9 Å². The standard InChI is InChI=1S/C9H11N3S/c1-7-3-4-11-12(7)6-9-5-10-8(2)13-9/h3-5H,6H2,1-2H3. The van der Waals surface area contributed by atoms with Gasteiger partial charge in [-0.1, -0.05) is 0 Å². The van der Waals surface area contributed by atoms with Crippen LogP contribution in [0, 0.1) is 13.8 Å². The summed E-state index contributed by atoms with van der Waals surface area (Å²) in [7, 11) is 0. The molecule has 2 aromatic rings. The first-order valence-electron chi connectivity index (χ1n) is 4.15. The quantitative estimate of drug-likeness (QED) is 0.730. The molecule has 3 nitrogen and oxygen atoms in total. The lowest BCUT2D eigenvalue weighted by Crippen LogP contribution is -2.01. The number of aryl methyl sites for hydroxylation is 2. The lowest BCUT2D eigenvalue weighted by molar-refractivity contribution is 0.671. The Morgan fingerprint density at radius 3 is 2.85 bits per heavy atom. The molecular formula is C9H11N3S. The van der Waals surface area contributed by atoms with Crippen molar-refractivity contribution in [2.24, 2.45) is 0 Å². The zero-order valence-electron chi connectivity index (χ0n) is 7.69. The van der Waals surface area contributed by atoms with E-state index in [2.05, 4.69) is 17.0 Å². The van der Waals surface area contributed by atoms with Crippen molar-refractivity contribution in [2.45, 2.75) is 20.4 Å². The molecule has 0 atom stereocenters. The molecule has 0 aromatic carbocycles. The monoisotopic (exact) mass is 193 g/mol. The van der Waals surface area contributed by atoms with Gasteiger partial charge >= 0.3 is 0 Å². The second-order valence-electron chi connectivity index (χ2n) is 2.98. The van der Waals surface area contributed by atoms with Crippen LogP contribution in [-0.4, -0.2) is 14.8 Å². The van der Waals surface area contributed by atoms with Crippen LogP contribution in [0.2, 0.25) is 0 Å². The minimum Gasteiger partial charge on any atom is -0.265 e. The Bertz CT molecular complexity index is 402. The van der Waals surface area contributed by atoms with Crippen molar-refractivity contribution >= 4 is 11.3 Å². The van der Waals surface area contributed by atoms with E-state index in [1.165, 1.54) is 10.6 Å². The number of rotatable bonds is 2. The van der Waals surface area contributed by atoms with Crippen LogP contribution in [0.4, 0.5) is 0 Å². The maximum Gasteiger partial charge on any atom is 0.0897 e. The summed E-state index contributed by atoms with van der Waals surface area (Å²) in [5.41, 5.74) is 1.19. The topological polar surface area (TPSA) is 30.7 Å². The molecular weight excluding hydrogens is 182 g/mol. The Labute approximate surface area is 81.1 Å². The second kappa shape index (κ2) is 3.30. The van der Waals surface area contributed by atoms with E-state index in [-0.39, 0.29) is 0 Å². The van der Waals surface area contributed by atoms with Crippen LogP contribution in [0.3, 0.4) is 0 Å². The Morgan fingerprint density at radius 2 is 2.31 bits per heavy atom. The summed E-state index contributed by atoms with van der Waals surface area (Å²) < 4.78 is 1.98. The lowest BCUT2D eigenvalue weighted by Gasteiger charge is -1.99. The molecule has 0 spiro atoms. The van der Waals surface area contributed by atoms with Crippen LogP contribution in [0.15, 0.2) is 18.5 Å². The van der Waals surface area contributed by atoms with Crippen LogP contribution >= 0.6 is 11.3 Å². The molecule has 0 aliphatic carbocycles. The molecule has 0 N–H and O–H groups in total. The number of aromatic nitrogens is 3. The normalized spacial score (nSPS) is 10.6. The highest BCUT2D eigenvalue weighted by atomic mass is 32.1. The van der Waals surface area contributed by atoms with Gasteiger partial charge in [0, 0.05) is 23.0 Å². The summed E-state index contributed by atoms with van der Waals surface area (Å²) in [4.78, 5) is 5.46. The Hall–Kier alpha value is -1.16. The third kappa shape index (κ3) is 1.78. The summed E-state index contributed by atoms with van der Waals surface area (Å²) >= 11 is 1.72. The number of nitrogens with zero attached hydrogens (tertiary/aromatic N) is 3. The first-order chi connectivity index (χ1) is 6.25. The number of thiazole rings is 1. The van der Waals surface area contributed by atoms with E-state index in [4.69, 9.17) is 0 Å². The average Bonchev–Trinajstić information content (AvgIpc) is 2.64. The maximum atomic E-state index is 4.22. The van der Waals surface area contributed by atoms with Crippen molar-refractivity contribution in [1.82, 2.24) is 14.8 Å². The van der Waals surface area contributed by atoms with E-state index >= 15 is 0 Å². The van der Waals surface area contributed by atoms with Gasteiger partial charge in [0.15, 0.2) is 0 Å². The van der Waals surface area contributed by atoms with Crippen LogP contribution in [0.1, 0.15) is 15.6 Å². The molecule has 0 bridgehead atoms. The smallest absolute Gasteiger partial charge is 0.0897 e. The molecule has 2 aromatic heterocycles. The minimum atomic E-state index is 0.838. The van der Waals surface area contributed by atoms with Crippen molar-refractivity contribution in [1.29, 1.82) is 0 Å². The van der Waals surface area contributed by atoms with E-state index in [0.717, 1.165) is 11.6 Å². The van der Waals surface area contributed by atoms with Gasteiger partial charge in [0.05, 0.1) is 11.6 Å². The number of hydrogen-bond donors (Lipinski definition) is 0. The van der Waals surface area contributed by atoms with E-state index in [0.29, 0.717) is 0 Å². The molecule has 0 unspecified atom stereocenters. The first kappa shape index (κ1) is 8.44. The fourth-order valence-electron chi connectivity index (χ4n) is 1.19. The van der Waals surface area contributed by atoms with Gasteiger partial charge in [-0.25, -0.2) is 4.98 Å². The van der Waals surface area contributed by atoms with Crippen LogP contribution < -0.4 is 0 Å². The lowest BCUT2D eigenvalue weighted by atomic mass is 10.4. The van der Waals surface area contributed by atoms with Crippen LogP contribution in [0.25, 0.3) is 0 Å². The van der Waals surface area contributed by atoms with Gasteiger partial charge in [-0.15, -0.1) is 11.3 Å². The van der Waals surface area contributed by atoms with Gasteiger partial charge < -0.3 is 0 Å². The van der Waals surface area contributed by atoms with E-state index in [1.807, 2.05) is 30.1 Å². The molecule has 0 saturated heterocycles. The van der Waals surface area contributed by atoms with Crippen molar-refractivity contribution in [3.63, 3.8) is 0 Å². The fourth-order valence-corrected chi connectivity index (χ4v) is 1.97. The minimum absolute atomic E-state index is 0.838. The molecule has 2 heterocycles. The molecule has 0 aliphatic rings. The first-order valence-corrected chi connectivity index (χ1v) is 4.97. The van der Waals surface area contributed by atoms with Crippen molar-refractivity contribution in [3.05, 3.63) is 34.0 Å². The van der Waals surface area contributed by atoms with Crippen molar-refractivity contribution in [2.75, 3.05) is 0 Å². The maximum absolute atomic E-state index is 4.22. The van der Waals surface area contributed by atoms with Crippen molar-refractivity contribution < 1.29 is 0 Å². The largest absolute Gasteiger partial charge is 0.265 e. The van der Waals surface area contributed by atoms with Crippen molar-refractivity contribution in [3.8, 4) is 0 Å². The third-order valence-electron chi connectivity index (χ3n) is 1.90. The SMILES string of the molecule is Cc1ncc(Cn2nccc2C)s1. The molecule has 2 rings (SSSR count). The Morgan fingerprint density at radius 1 is 1.46 bits per heavy atom. The molecule has 0 fully saturated rings. The second-order valence-corrected chi connectivity index (χ2v) is 4.30. The zero-order chi connectivity index (χ0) is 9.26. The summed E-state index contributed by atoms with van der Waals surface area (Å²) in [5, 5.41) is 5.33. The highest BCUT2D eigenvalue weighted by Gasteiger charge is 2.01. The van der Waals surface area contributed by atoms with Gasteiger partial charge in [0.2, 0.25) is 0 Å². The summed E-state index contributed by atoms with van der Waals surface area (Å²) in [6.07, 6.45) is 3.74. The van der Waals surface area contributed by atoms with E-state index in [1.54, 1.807) is 11.3 Å². The van der Waals surface area contributed by atoms with Crippen LogP contribution in [0.5, 0.6) is 0 Å². The molecule has 4 heteroatoms. The average molecular weight is 193 g/mol. The molecule has 68 valence electrons. The van der Waals surface area contributed by atoms with Gasteiger partial charge in [0.1, 0.15) is 0 Å².